The molecule has 0 aliphatic heterocycles. The number of carbonyl (C=O) groups excluding carboxylic acids is 1. The topological polar surface area (TPSA) is 43.1 Å². The third kappa shape index (κ3) is 3.40. The van der Waals surface area contributed by atoms with E-state index < -0.39 is 0 Å². The lowest BCUT2D eigenvalue weighted by molar-refractivity contribution is -0.124. The lowest BCUT2D eigenvalue weighted by atomic mass is 9.83. The first-order valence-corrected chi connectivity index (χ1v) is 6.60. The molecule has 2 rings (SSSR count). The van der Waals surface area contributed by atoms with E-state index in [1.165, 1.54) is 19.3 Å². The lowest BCUT2D eigenvalue weighted by Gasteiger charge is -2.22. The molecule has 2 nitrogen and oxygen atoms in total. The molecule has 0 saturated heterocycles. The molecule has 1 aliphatic rings. The number of nitrogens with two attached hydrogens (primary N) is 1. The van der Waals surface area contributed by atoms with Crippen molar-refractivity contribution in [3.8, 4) is 0 Å². The van der Waals surface area contributed by atoms with Crippen LogP contribution in [0.3, 0.4) is 0 Å². The number of benzene rings is 1. The van der Waals surface area contributed by atoms with Crippen molar-refractivity contribution in [2.24, 2.45) is 11.7 Å². The van der Waals surface area contributed by atoms with E-state index in [1.807, 2.05) is 30.3 Å². The monoisotopic (exact) mass is 231 g/mol. The van der Waals surface area contributed by atoms with Crippen LogP contribution in [0.2, 0.25) is 0 Å². The van der Waals surface area contributed by atoms with Gasteiger partial charge in [0.05, 0.1) is 0 Å². The first-order chi connectivity index (χ1) is 8.27. The SMILES string of the molecule is NC(CC(=O)C1CCCCC1)c1ccccc1. The van der Waals surface area contributed by atoms with Gasteiger partial charge < -0.3 is 5.73 Å². The third-order valence-electron chi connectivity index (χ3n) is 3.71. The summed E-state index contributed by atoms with van der Waals surface area (Å²) >= 11 is 0. The van der Waals surface area contributed by atoms with Gasteiger partial charge >= 0.3 is 0 Å². The normalized spacial score (nSPS) is 18.9. The van der Waals surface area contributed by atoms with E-state index in [0.717, 1.165) is 18.4 Å². The Bertz CT molecular complexity index is 354. The Morgan fingerprint density at radius 3 is 2.47 bits per heavy atom. The predicted molar refractivity (Wildman–Crippen MR) is 69.6 cm³/mol. The fourth-order valence-electron chi connectivity index (χ4n) is 2.63. The van der Waals surface area contributed by atoms with Gasteiger partial charge in [0.25, 0.3) is 0 Å². The first-order valence-electron chi connectivity index (χ1n) is 6.60. The van der Waals surface area contributed by atoms with Gasteiger partial charge in [-0.1, -0.05) is 49.6 Å². The zero-order valence-corrected chi connectivity index (χ0v) is 10.3. The van der Waals surface area contributed by atoms with Crippen molar-refractivity contribution in [2.45, 2.75) is 44.6 Å². The van der Waals surface area contributed by atoms with Gasteiger partial charge in [-0.05, 0) is 18.4 Å². The number of hydrogen-bond acceptors (Lipinski definition) is 2. The molecule has 1 aromatic carbocycles. The summed E-state index contributed by atoms with van der Waals surface area (Å²) < 4.78 is 0. The summed E-state index contributed by atoms with van der Waals surface area (Å²) in [6.07, 6.45) is 6.33. The van der Waals surface area contributed by atoms with Crippen molar-refractivity contribution in [1.82, 2.24) is 0 Å². The molecule has 0 heterocycles. The van der Waals surface area contributed by atoms with Gasteiger partial charge in [-0.2, -0.15) is 0 Å². The molecule has 1 aromatic rings. The van der Waals surface area contributed by atoms with Gasteiger partial charge in [-0.25, -0.2) is 0 Å². The maximum absolute atomic E-state index is 12.1. The van der Waals surface area contributed by atoms with Crippen molar-refractivity contribution in [3.05, 3.63) is 35.9 Å². The van der Waals surface area contributed by atoms with Crippen LogP contribution in [0.5, 0.6) is 0 Å². The van der Waals surface area contributed by atoms with Gasteiger partial charge in [-0.15, -0.1) is 0 Å². The second-order valence-corrected chi connectivity index (χ2v) is 5.02. The van der Waals surface area contributed by atoms with E-state index in [0.29, 0.717) is 12.2 Å². The molecular formula is C15H21NO. The summed E-state index contributed by atoms with van der Waals surface area (Å²) in [4.78, 5) is 12.1. The van der Waals surface area contributed by atoms with E-state index in [1.54, 1.807) is 0 Å². The molecule has 17 heavy (non-hydrogen) atoms. The van der Waals surface area contributed by atoms with E-state index >= 15 is 0 Å². The largest absolute Gasteiger partial charge is 0.324 e. The van der Waals surface area contributed by atoms with Gasteiger partial charge in [-0.3, -0.25) is 4.79 Å². The van der Waals surface area contributed by atoms with E-state index in [-0.39, 0.29) is 12.0 Å². The molecule has 2 heteroatoms. The number of ketones is 1. The highest BCUT2D eigenvalue weighted by Gasteiger charge is 2.22. The number of rotatable bonds is 4. The van der Waals surface area contributed by atoms with E-state index in [9.17, 15) is 4.79 Å². The second-order valence-electron chi connectivity index (χ2n) is 5.02. The smallest absolute Gasteiger partial charge is 0.137 e. The fraction of sp³-hybridized carbons (Fsp3) is 0.533. The summed E-state index contributed by atoms with van der Waals surface area (Å²) in [7, 11) is 0. The zero-order chi connectivity index (χ0) is 12.1. The Morgan fingerprint density at radius 2 is 1.82 bits per heavy atom. The van der Waals surface area contributed by atoms with Crippen molar-refractivity contribution in [3.63, 3.8) is 0 Å². The maximum Gasteiger partial charge on any atom is 0.137 e. The molecule has 92 valence electrons. The van der Waals surface area contributed by atoms with Crippen molar-refractivity contribution in [2.75, 3.05) is 0 Å². The highest BCUT2D eigenvalue weighted by Crippen LogP contribution is 2.27. The van der Waals surface area contributed by atoms with Crippen LogP contribution in [0.4, 0.5) is 0 Å². The number of Topliss-reactive ketones (excluding diaryl/α,β-unsaturated/α-hetero) is 1. The number of carbonyl (C=O) groups is 1. The van der Waals surface area contributed by atoms with Crippen LogP contribution >= 0.6 is 0 Å². The summed E-state index contributed by atoms with van der Waals surface area (Å²) in [6.45, 7) is 0. The molecule has 0 spiro atoms. The molecule has 0 aromatic heterocycles. The Balaban J connectivity index is 1.89. The van der Waals surface area contributed by atoms with Gasteiger partial charge in [0.2, 0.25) is 0 Å². The average Bonchev–Trinajstić information content (AvgIpc) is 2.40. The van der Waals surface area contributed by atoms with Crippen LogP contribution in [0.15, 0.2) is 30.3 Å². The Hall–Kier alpha value is -1.15. The summed E-state index contributed by atoms with van der Waals surface area (Å²) in [6, 6.07) is 9.78. The van der Waals surface area contributed by atoms with E-state index in [4.69, 9.17) is 5.73 Å². The fourth-order valence-corrected chi connectivity index (χ4v) is 2.63. The highest BCUT2D eigenvalue weighted by atomic mass is 16.1. The molecule has 1 unspecified atom stereocenters. The van der Waals surface area contributed by atoms with Crippen LogP contribution in [0.1, 0.15) is 50.1 Å². The van der Waals surface area contributed by atoms with Crippen molar-refractivity contribution in [1.29, 1.82) is 0 Å². The highest BCUT2D eigenvalue weighted by molar-refractivity contribution is 5.81. The molecule has 1 fully saturated rings. The summed E-state index contributed by atoms with van der Waals surface area (Å²) in [5.41, 5.74) is 7.15. The van der Waals surface area contributed by atoms with Crippen LogP contribution in [-0.4, -0.2) is 5.78 Å². The standard InChI is InChI=1S/C15H21NO/c16-14(12-7-3-1-4-8-12)11-15(17)13-9-5-2-6-10-13/h1,3-4,7-8,13-14H,2,5-6,9-11,16H2. The minimum atomic E-state index is -0.134. The quantitative estimate of drug-likeness (QED) is 0.864. The number of hydrogen-bond donors (Lipinski definition) is 1. The third-order valence-corrected chi connectivity index (χ3v) is 3.71. The molecule has 1 saturated carbocycles. The van der Waals surface area contributed by atoms with E-state index in [2.05, 4.69) is 0 Å². The predicted octanol–water partition coefficient (Wildman–Crippen LogP) is 3.23. The minimum absolute atomic E-state index is 0.134. The summed E-state index contributed by atoms with van der Waals surface area (Å²) in [5, 5.41) is 0. The average molecular weight is 231 g/mol. The van der Waals surface area contributed by atoms with Crippen molar-refractivity contribution >= 4 is 5.78 Å². The molecular weight excluding hydrogens is 210 g/mol. The molecule has 1 atom stereocenters. The van der Waals surface area contributed by atoms with Crippen LogP contribution in [0, 0.1) is 5.92 Å². The zero-order valence-electron chi connectivity index (χ0n) is 10.3. The molecule has 0 radical (unpaired) electrons. The van der Waals surface area contributed by atoms with Crippen LogP contribution in [-0.2, 0) is 4.79 Å². The van der Waals surface area contributed by atoms with Gasteiger partial charge in [0, 0.05) is 18.4 Å². The lowest BCUT2D eigenvalue weighted by Crippen LogP contribution is -2.23. The minimum Gasteiger partial charge on any atom is -0.324 e. The second kappa shape index (κ2) is 5.97. The maximum atomic E-state index is 12.1. The molecule has 0 amide bonds. The van der Waals surface area contributed by atoms with Crippen molar-refractivity contribution < 1.29 is 4.79 Å². The first kappa shape index (κ1) is 12.3. The molecule has 2 N–H and O–H groups in total. The van der Waals surface area contributed by atoms with Gasteiger partial charge in [0.1, 0.15) is 5.78 Å². The molecule has 0 bridgehead atoms. The Labute approximate surface area is 103 Å². The Morgan fingerprint density at radius 1 is 1.18 bits per heavy atom. The van der Waals surface area contributed by atoms with Gasteiger partial charge in [0.15, 0.2) is 0 Å². The van der Waals surface area contributed by atoms with Crippen LogP contribution in [0.25, 0.3) is 0 Å². The van der Waals surface area contributed by atoms with Crippen LogP contribution < -0.4 is 5.73 Å². The molecule has 1 aliphatic carbocycles. The summed E-state index contributed by atoms with van der Waals surface area (Å²) in [5.74, 6) is 0.638. The Kier molecular flexibility index (Phi) is 4.32.